The molecule has 0 bridgehead atoms. The van der Waals surface area contributed by atoms with Gasteiger partial charge in [-0.3, -0.25) is 9.59 Å². The topological polar surface area (TPSA) is 91.2 Å². The van der Waals surface area contributed by atoms with Crippen LogP contribution < -0.4 is 15.4 Å². The fourth-order valence-electron chi connectivity index (χ4n) is 2.61. The van der Waals surface area contributed by atoms with Crippen LogP contribution in [0.1, 0.15) is 5.56 Å². The van der Waals surface area contributed by atoms with Gasteiger partial charge in [0, 0.05) is 15.2 Å². The predicted molar refractivity (Wildman–Crippen MR) is 128 cm³/mol. The molecular weight excluding hydrogens is 494 g/mol. The summed E-state index contributed by atoms with van der Waals surface area (Å²) in [6.07, 6.45) is 1.48. The molecule has 0 fully saturated rings. The summed E-state index contributed by atoms with van der Waals surface area (Å²) in [6, 6.07) is 22.5. The van der Waals surface area contributed by atoms with Crippen molar-refractivity contribution in [2.75, 3.05) is 17.2 Å². The molecule has 0 unspecified atom stereocenters. The van der Waals surface area contributed by atoms with Gasteiger partial charge in [0.2, 0.25) is 0 Å². The highest BCUT2D eigenvalue weighted by Gasteiger charge is 2.11. The van der Waals surface area contributed by atoms with Gasteiger partial charge in [0.15, 0.2) is 6.61 Å². The maximum atomic E-state index is 12.4. The highest BCUT2D eigenvalue weighted by atomic mass is 79.9. The van der Waals surface area contributed by atoms with Crippen LogP contribution >= 0.6 is 27.5 Å². The first-order valence-corrected chi connectivity index (χ1v) is 10.6. The molecule has 6 nitrogen and oxygen atoms in total. The second-order valence-electron chi connectivity index (χ2n) is 6.52. The lowest BCUT2D eigenvalue weighted by Crippen LogP contribution is -2.20. The highest BCUT2D eigenvalue weighted by molar-refractivity contribution is 9.10. The number of benzene rings is 3. The van der Waals surface area contributed by atoms with Crippen LogP contribution in [0.5, 0.6) is 5.75 Å². The minimum atomic E-state index is -0.515. The maximum Gasteiger partial charge on any atom is 0.266 e. The predicted octanol–water partition coefficient (Wildman–Crippen LogP) is 5.67. The van der Waals surface area contributed by atoms with Gasteiger partial charge in [-0.2, -0.15) is 5.26 Å². The summed E-state index contributed by atoms with van der Waals surface area (Å²) < 4.78 is 6.20. The maximum absolute atomic E-state index is 12.4. The fraction of sp³-hybridized carbons (Fsp3) is 0.0417. The minimum Gasteiger partial charge on any atom is -0.484 e. The van der Waals surface area contributed by atoms with Gasteiger partial charge in [-0.1, -0.05) is 35.9 Å². The van der Waals surface area contributed by atoms with E-state index < -0.39 is 5.91 Å². The number of nitrogens with one attached hydrogen (secondary N) is 2. The number of carbonyl (C=O) groups excluding carboxylic acids is 2. The largest absolute Gasteiger partial charge is 0.484 e. The van der Waals surface area contributed by atoms with Gasteiger partial charge in [-0.25, -0.2) is 0 Å². The smallest absolute Gasteiger partial charge is 0.266 e. The summed E-state index contributed by atoms with van der Waals surface area (Å²) in [4.78, 5) is 24.4. The normalized spacial score (nSPS) is 10.7. The number of halogens is 2. The Kier molecular flexibility index (Phi) is 8.03. The molecule has 0 aliphatic heterocycles. The molecule has 0 heterocycles. The second kappa shape index (κ2) is 11.1. The number of para-hydroxylation sites is 1. The first-order chi connectivity index (χ1) is 15.4. The second-order valence-corrected chi connectivity index (χ2v) is 7.81. The number of hydrogen-bond acceptors (Lipinski definition) is 4. The van der Waals surface area contributed by atoms with E-state index in [1.165, 1.54) is 6.08 Å². The van der Waals surface area contributed by atoms with Crippen LogP contribution in [0.25, 0.3) is 6.08 Å². The third kappa shape index (κ3) is 6.71. The van der Waals surface area contributed by atoms with Crippen molar-refractivity contribution < 1.29 is 14.3 Å². The lowest BCUT2D eigenvalue weighted by atomic mass is 10.1. The summed E-state index contributed by atoms with van der Waals surface area (Å²) in [7, 11) is 0. The Morgan fingerprint density at radius 1 is 1.00 bits per heavy atom. The van der Waals surface area contributed by atoms with Crippen LogP contribution in [0.3, 0.4) is 0 Å². The van der Waals surface area contributed by atoms with Crippen LogP contribution in [0.2, 0.25) is 5.02 Å². The van der Waals surface area contributed by atoms with E-state index in [9.17, 15) is 14.9 Å². The van der Waals surface area contributed by atoms with Gasteiger partial charge in [-0.05, 0) is 76.1 Å². The van der Waals surface area contributed by atoms with Crippen LogP contribution in [-0.4, -0.2) is 18.4 Å². The number of carbonyl (C=O) groups is 2. The molecule has 0 aliphatic rings. The van der Waals surface area contributed by atoms with Crippen molar-refractivity contribution in [1.82, 2.24) is 0 Å². The first-order valence-electron chi connectivity index (χ1n) is 9.40. The standard InChI is InChI=1S/C24H17BrClN3O3/c25-21-3-1-2-4-22(21)29-24(31)17(14-27)13-16-5-11-20(12-6-16)32-15-23(30)28-19-9-7-18(26)8-10-19/h1-13H,15H2,(H,28,30)(H,29,31)/b17-13+. The summed E-state index contributed by atoms with van der Waals surface area (Å²) in [5.74, 6) is -0.352. The average molecular weight is 511 g/mol. The van der Waals surface area contributed by atoms with Crippen molar-refractivity contribution in [3.05, 3.63) is 93.4 Å². The molecule has 32 heavy (non-hydrogen) atoms. The van der Waals surface area contributed by atoms with Crippen molar-refractivity contribution in [3.8, 4) is 11.8 Å². The molecule has 3 aromatic rings. The van der Waals surface area contributed by atoms with Crippen LogP contribution in [0, 0.1) is 11.3 Å². The van der Waals surface area contributed by atoms with Gasteiger partial charge in [0.1, 0.15) is 17.4 Å². The quantitative estimate of drug-likeness (QED) is 0.317. The molecule has 2 amide bonds. The Bertz CT molecular complexity index is 1190. The molecule has 3 aromatic carbocycles. The number of nitrogens with zero attached hydrogens (tertiary/aromatic N) is 1. The van der Waals surface area contributed by atoms with E-state index in [1.807, 2.05) is 12.1 Å². The Morgan fingerprint density at radius 3 is 2.34 bits per heavy atom. The van der Waals surface area contributed by atoms with Crippen molar-refractivity contribution in [2.24, 2.45) is 0 Å². The molecule has 160 valence electrons. The Hall–Kier alpha value is -3.60. The van der Waals surface area contributed by atoms with Crippen molar-refractivity contribution in [2.45, 2.75) is 0 Å². The monoisotopic (exact) mass is 509 g/mol. The number of hydrogen-bond donors (Lipinski definition) is 2. The summed E-state index contributed by atoms with van der Waals surface area (Å²) in [5.41, 5.74) is 1.78. The molecule has 0 aromatic heterocycles. The molecule has 0 radical (unpaired) electrons. The number of amides is 2. The van der Waals surface area contributed by atoms with Crippen molar-refractivity contribution >= 4 is 56.8 Å². The summed E-state index contributed by atoms with van der Waals surface area (Å²) >= 11 is 9.17. The van der Waals surface area contributed by atoms with Crippen LogP contribution in [0.4, 0.5) is 11.4 Å². The Morgan fingerprint density at radius 2 is 1.69 bits per heavy atom. The lowest BCUT2D eigenvalue weighted by Gasteiger charge is -2.08. The van der Waals surface area contributed by atoms with Gasteiger partial charge in [0.25, 0.3) is 11.8 Å². The minimum absolute atomic E-state index is 0.0447. The lowest BCUT2D eigenvalue weighted by molar-refractivity contribution is -0.118. The van der Waals surface area contributed by atoms with E-state index in [0.717, 1.165) is 0 Å². The van der Waals surface area contributed by atoms with E-state index in [2.05, 4.69) is 26.6 Å². The Labute approximate surface area is 198 Å². The van der Waals surface area contributed by atoms with Crippen LogP contribution in [-0.2, 0) is 9.59 Å². The molecule has 0 saturated heterocycles. The number of rotatable bonds is 7. The van der Waals surface area contributed by atoms with Gasteiger partial charge in [0.05, 0.1) is 5.69 Å². The molecule has 0 spiro atoms. The van der Waals surface area contributed by atoms with E-state index >= 15 is 0 Å². The molecule has 2 N–H and O–H groups in total. The molecule has 8 heteroatoms. The highest BCUT2D eigenvalue weighted by Crippen LogP contribution is 2.22. The van der Waals surface area contributed by atoms with E-state index in [0.29, 0.717) is 32.2 Å². The van der Waals surface area contributed by atoms with Gasteiger partial charge in [-0.15, -0.1) is 0 Å². The van der Waals surface area contributed by atoms with Gasteiger partial charge < -0.3 is 15.4 Å². The third-order valence-electron chi connectivity index (χ3n) is 4.18. The first kappa shape index (κ1) is 23.1. The fourth-order valence-corrected chi connectivity index (χ4v) is 3.12. The Balaban J connectivity index is 1.57. The summed E-state index contributed by atoms with van der Waals surface area (Å²) in [6.45, 7) is -0.171. The molecule has 0 atom stereocenters. The third-order valence-corrected chi connectivity index (χ3v) is 5.12. The zero-order chi connectivity index (χ0) is 22.9. The molecular formula is C24H17BrClN3O3. The molecule has 0 aliphatic carbocycles. The van der Waals surface area contributed by atoms with E-state index in [1.54, 1.807) is 66.7 Å². The number of ether oxygens (including phenoxy) is 1. The zero-order valence-corrected chi connectivity index (χ0v) is 19.0. The molecule has 3 rings (SSSR count). The SMILES string of the molecule is N#C/C(=C\c1ccc(OCC(=O)Nc2ccc(Cl)cc2)cc1)C(=O)Nc1ccccc1Br. The number of nitriles is 1. The van der Waals surface area contributed by atoms with Crippen molar-refractivity contribution in [1.29, 1.82) is 5.26 Å². The van der Waals surface area contributed by atoms with Gasteiger partial charge >= 0.3 is 0 Å². The average Bonchev–Trinajstić information content (AvgIpc) is 2.80. The van der Waals surface area contributed by atoms with E-state index in [-0.39, 0.29) is 18.1 Å². The molecule has 0 saturated carbocycles. The summed E-state index contributed by atoms with van der Waals surface area (Å²) in [5, 5.41) is 15.4. The van der Waals surface area contributed by atoms with Crippen molar-refractivity contribution in [3.63, 3.8) is 0 Å². The van der Waals surface area contributed by atoms with Crippen LogP contribution in [0.15, 0.2) is 82.8 Å². The number of anilines is 2. The zero-order valence-electron chi connectivity index (χ0n) is 16.6. The van der Waals surface area contributed by atoms with E-state index in [4.69, 9.17) is 16.3 Å².